The zero-order valence-electron chi connectivity index (χ0n) is 13.6. The van der Waals surface area contributed by atoms with Gasteiger partial charge in [-0.15, -0.1) is 0 Å². The molecule has 2 unspecified atom stereocenters. The molecule has 2 atom stereocenters. The zero-order chi connectivity index (χ0) is 18.0. The van der Waals surface area contributed by atoms with E-state index in [0.717, 1.165) is 0 Å². The fourth-order valence-electron chi connectivity index (χ4n) is 2.63. The number of allylic oxidation sites excluding steroid dienone is 1. The van der Waals surface area contributed by atoms with Crippen molar-refractivity contribution in [2.75, 3.05) is 7.11 Å². The van der Waals surface area contributed by atoms with Crippen LogP contribution in [0, 0.1) is 5.82 Å². The average molecular weight is 407 g/mol. The molecule has 0 amide bonds. The molecule has 0 bridgehead atoms. The molecule has 25 heavy (non-hydrogen) atoms. The van der Waals surface area contributed by atoms with Gasteiger partial charge in [-0.25, -0.2) is 14.4 Å². The second kappa shape index (κ2) is 7.38. The quantitative estimate of drug-likeness (QED) is 0.763. The van der Waals surface area contributed by atoms with Crippen molar-refractivity contribution < 1.29 is 14.2 Å². The third-order valence-electron chi connectivity index (χ3n) is 3.82. The number of halogens is 2. The Morgan fingerprint density at radius 3 is 2.68 bits per heavy atom. The van der Waals surface area contributed by atoms with Crippen molar-refractivity contribution in [3.05, 3.63) is 69.6 Å². The lowest BCUT2D eigenvalue weighted by molar-refractivity contribution is -0.0492. The van der Waals surface area contributed by atoms with Crippen molar-refractivity contribution in [2.24, 2.45) is 4.99 Å². The molecule has 0 fully saturated rings. The number of hydrogen-bond donors (Lipinski definition) is 2. The number of aliphatic imine (C=N–C) groups is 1. The SMILES string of the molecule is COC(O)C1=C(C)NC(c2ncccn2)=NC1c1ccc(F)cc1Br. The Balaban J connectivity index is 2.13. The van der Waals surface area contributed by atoms with E-state index in [4.69, 9.17) is 4.74 Å². The summed E-state index contributed by atoms with van der Waals surface area (Å²) in [6.45, 7) is 1.81. The van der Waals surface area contributed by atoms with Gasteiger partial charge in [-0.1, -0.05) is 22.0 Å². The molecular formula is C17H16BrFN4O2. The summed E-state index contributed by atoms with van der Waals surface area (Å²) in [4.78, 5) is 13.0. The third-order valence-corrected chi connectivity index (χ3v) is 4.50. The summed E-state index contributed by atoms with van der Waals surface area (Å²) in [5, 5.41) is 13.4. The summed E-state index contributed by atoms with van der Waals surface area (Å²) >= 11 is 3.37. The lowest BCUT2D eigenvalue weighted by atomic mass is 9.95. The van der Waals surface area contributed by atoms with Gasteiger partial charge >= 0.3 is 0 Å². The molecule has 6 nitrogen and oxygen atoms in total. The van der Waals surface area contributed by atoms with Crippen molar-refractivity contribution in [3.8, 4) is 0 Å². The van der Waals surface area contributed by atoms with Crippen LogP contribution in [0.15, 0.2) is 57.4 Å². The van der Waals surface area contributed by atoms with Crippen molar-refractivity contribution in [1.82, 2.24) is 15.3 Å². The maximum atomic E-state index is 13.5. The molecule has 1 aromatic heterocycles. The van der Waals surface area contributed by atoms with E-state index in [-0.39, 0.29) is 5.82 Å². The molecular weight excluding hydrogens is 391 g/mol. The summed E-state index contributed by atoms with van der Waals surface area (Å²) in [5.74, 6) is 0.525. The van der Waals surface area contributed by atoms with E-state index in [1.165, 1.54) is 19.2 Å². The topological polar surface area (TPSA) is 79.6 Å². The van der Waals surface area contributed by atoms with Crippen LogP contribution in [0.25, 0.3) is 0 Å². The molecule has 2 heterocycles. The van der Waals surface area contributed by atoms with Crippen molar-refractivity contribution >= 4 is 21.8 Å². The number of aliphatic hydroxyl groups is 1. The highest BCUT2D eigenvalue weighted by atomic mass is 79.9. The van der Waals surface area contributed by atoms with Gasteiger partial charge in [0, 0.05) is 35.2 Å². The van der Waals surface area contributed by atoms with Gasteiger partial charge in [0.15, 0.2) is 18.0 Å². The first-order valence-electron chi connectivity index (χ1n) is 7.50. The van der Waals surface area contributed by atoms with Gasteiger partial charge in [-0.3, -0.25) is 4.99 Å². The van der Waals surface area contributed by atoms with Gasteiger partial charge in [0.25, 0.3) is 0 Å². The Morgan fingerprint density at radius 1 is 1.32 bits per heavy atom. The van der Waals surface area contributed by atoms with E-state index >= 15 is 0 Å². The molecule has 2 N–H and O–H groups in total. The Kier molecular flexibility index (Phi) is 5.22. The van der Waals surface area contributed by atoms with Crippen molar-refractivity contribution in [3.63, 3.8) is 0 Å². The van der Waals surface area contributed by atoms with Crippen LogP contribution in [-0.2, 0) is 4.74 Å². The minimum atomic E-state index is -1.16. The number of amidine groups is 1. The molecule has 8 heteroatoms. The number of hydrogen-bond acceptors (Lipinski definition) is 6. The van der Waals surface area contributed by atoms with Crippen LogP contribution in [0.2, 0.25) is 0 Å². The maximum Gasteiger partial charge on any atom is 0.195 e. The van der Waals surface area contributed by atoms with Gasteiger partial charge in [0.1, 0.15) is 11.9 Å². The van der Waals surface area contributed by atoms with Crippen LogP contribution in [0.3, 0.4) is 0 Å². The Bertz CT molecular complexity index is 842. The average Bonchev–Trinajstić information content (AvgIpc) is 2.61. The lowest BCUT2D eigenvalue weighted by Crippen LogP contribution is -2.35. The van der Waals surface area contributed by atoms with Crippen molar-refractivity contribution in [2.45, 2.75) is 19.3 Å². The second-order valence-corrected chi connectivity index (χ2v) is 6.27. The van der Waals surface area contributed by atoms with Crippen LogP contribution in [0.5, 0.6) is 0 Å². The highest BCUT2D eigenvalue weighted by Crippen LogP contribution is 2.37. The summed E-state index contributed by atoms with van der Waals surface area (Å²) < 4.78 is 19.1. The molecule has 1 aromatic carbocycles. The molecule has 2 aromatic rings. The smallest absolute Gasteiger partial charge is 0.195 e. The van der Waals surface area contributed by atoms with E-state index in [0.29, 0.717) is 33.0 Å². The lowest BCUT2D eigenvalue weighted by Gasteiger charge is -2.29. The summed E-state index contributed by atoms with van der Waals surface area (Å²) in [5.41, 5.74) is 1.91. The Morgan fingerprint density at radius 2 is 2.04 bits per heavy atom. The number of nitrogens with zero attached hydrogens (tertiary/aromatic N) is 3. The molecule has 0 spiro atoms. The molecule has 0 saturated carbocycles. The largest absolute Gasteiger partial charge is 0.364 e. The molecule has 3 rings (SSSR count). The van der Waals surface area contributed by atoms with Gasteiger partial charge < -0.3 is 15.2 Å². The van der Waals surface area contributed by atoms with Crippen LogP contribution >= 0.6 is 15.9 Å². The second-order valence-electron chi connectivity index (χ2n) is 5.41. The highest BCUT2D eigenvalue weighted by molar-refractivity contribution is 9.10. The number of aromatic nitrogens is 2. The first kappa shape index (κ1) is 17.7. The minimum Gasteiger partial charge on any atom is -0.364 e. The first-order valence-corrected chi connectivity index (χ1v) is 8.29. The fourth-order valence-corrected chi connectivity index (χ4v) is 3.20. The molecule has 0 saturated heterocycles. The standard InChI is InChI=1S/C17H16BrFN4O2/c1-9-13(17(24)25-2)14(11-5-4-10(19)8-12(11)18)23-16(22-9)15-20-6-3-7-21-15/h3-8,14,17,24H,1-2H3,(H,22,23). The maximum absolute atomic E-state index is 13.5. The number of rotatable bonds is 4. The van der Waals surface area contributed by atoms with Crippen LogP contribution in [0.4, 0.5) is 4.39 Å². The number of aliphatic hydroxyl groups excluding tert-OH is 1. The first-order chi connectivity index (χ1) is 12.0. The van der Waals surface area contributed by atoms with Gasteiger partial charge in [-0.2, -0.15) is 0 Å². The van der Waals surface area contributed by atoms with Crippen LogP contribution in [0.1, 0.15) is 24.4 Å². The van der Waals surface area contributed by atoms with E-state index in [2.05, 4.69) is 36.2 Å². The van der Waals surface area contributed by atoms with E-state index in [1.807, 2.05) is 0 Å². The summed E-state index contributed by atoms with van der Waals surface area (Å²) in [7, 11) is 1.40. The minimum absolute atomic E-state index is 0.366. The third kappa shape index (κ3) is 3.60. The van der Waals surface area contributed by atoms with Gasteiger partial charge in [-0.05, 0) is 30.7 Å². The molecule has 0 aliphatic carbocycles. The summed E-state index contributed by atoms with van der Waals surface area (Å²) in [6, 6.07) is 5.46. The number of ether oxygens (including phenoxy) is 1. The van der Waals surface area contributed by atoms with Crippen LogP contribution < -0.4 is 5.32 Å². The van der Waals surface area contributed by atoms with Gasteiger partial charge in [0.2, 0.25) is 0 Å². The molecule has 1 aliphatic heterocycles. The Hall–Kier alpha value is -2.16. The van der Waals surface area contributed by atoms with E-state index in [1.54, 1.807) is 31.5 Å². The van der Waals surface area contributed by atoms with E-state index < -0.39 is 12.3 Å². The molecule has 130 valence electrons. The van der Waals surface area contributed by atoms with Crippen molar-refractivity contribution in [1.29, 1.82) is 0 Å². The summed E-state index contributed by atoms with van der Waals surface area (Å²) in [6.07, 6.45) is 2.08. The van der Waals surface area contributed by atoms with E-state index in [9.17, 15) is 9.50 Å². The molecule has 1 aliphatic rings. The highest BCUT2D eigenvalue weighted by Gasteiger charge is 2.31. The van der Waals surface area contributed by atoms with Crippen LogP contribution in [-0.4, -0.2) is 34.3 Å². The monoisotopic (exact) mass is 406 g/mol. The van der Waals surface area contributed by atoms with Gasteiger partial charge in [0.05, 0.1) is 0 Å². The number of methoxy groups -OCH3 is 1. The number of nitrogens with one attached hydrogen (secondary N) is 1. The number of benzene rings is 1. The Labute approximate surface area is 152 Å². The predicted molar refractivity (Wildman–Crippen MR) is 94.3 cm³/mol. The normalized spacial score (nSPS) is 18.6. The zero-order valence-corrected chi connectivity index (χ0v) is 15.2. The molecule has 0 radical (unpaired) electrons. The predicted octanol–water partition coefficient (Wildman–Crippen LogP) is 2.71. The fraction of sp³-hybridized carbons (Fsp3) is 0.235.